The van der Waals surface area contributed by atoms with Crippen LogP contribution in [0.15, 0.2) is 18.2 Å². The molecule has 0 aliphatic carbocycles. The smallest absolute Gasteiger partial charge is 0.135 e. The third-order valence-corrected chi connectivity index (χ3v) is 3.07. The highest BCUT2D eigenvalue weighted by atomic mass is 16.5. The van der Waals surface area contributed by atoms with Crippen LogP contribution in [0, 0.1) is 11.8 Å². The van der Waals surface area contributed by atoms with Crippen LogP contribution in [0.4, 0.5) is 0 Å². The molecule has 0 unspecified atom stereocenters. The van der Waals surface area contributed by atoms with Crippen molar-refractivity contribution in [1.82, 2.24) is 4.90 Å². The Morgan fingerprint density at radius 1 is 1.25 bits per heavy atom. The molecule has 0 saturated carbocycles. The highest BCUT2D eigenvalue weighted by molar-refractivity contribution is 5.50. The number of benzene rings is 1. The van der Waals surface area contributed by atoms with Crippen LogP contribution in [0.2, 0.25) is 0 Å². The van der Waals surface area contributed by atoms with Gasteiger partial charge in [0.2, 0.25) is 0 Å². The average molecular weight is 276 g/mol. The normalized spacial score (nSPS) is 10.1. The molecule has 0 spiro atoms. The van der Waals surface area contributed by atoms with E-state index in [-0.39, 0.29) is 0 Å². The van der Waals surface area contributed by atoms with Crippen molar-refractivity contribution in [3.63, 3.8) is 0 Å². The molecule has 0 amide bonds. The van der Waals surface area contributed by atoms with Gasteiger partial charge in [0.1, 0.15) is 18.1 Å². The molecule has 4 heteroatoms. The van der Waals surface area contributed by atoms with E-state index in [9.17, 15) is 0 Å². The number of hydrogen-bond donors (Lipinski definition) is 1. The summed E-state index contributed by atoms with van der Waals surface area (Å²) in [4.78, 5) is 2.31. The summed E-state index contributed by atoms with van der Waals surface area (Å²) in [6, 6.07) is 5.64. The zero-order valence-corrected chi connectivity index (χ0v) is 12.6. The summed E-state index contributed by atoms with van der Waals surface area (Å²) in [5.41, 5.74) is 6.23. The first-order valence-electron chi connectivity index (χ1n) is 6.97. The molecule has 1 rings (SSSR count). The Hall–Kier alpha value is -1.70. The molecule has 1 aromatic rings. The molecule has 0 aliphatic rings. The Morgan fingerprint density at radius 3 is 2.60 bits per heavy atom. The van der Waals surface area contributed by atoms with Gasteiger partial charge >= 0.3 is 0 Å². The van der Waals surface area contributed by atoms with Gasteiger partial charge in [-0.2, -0.15) is 0 Å². The van der Waals surface area contributed by atoms with Crippen molar-refractivity contribution in [3.05, 3.63) is 23.8 Å². The van der Waals surface area contributed by atoms with E-state index in [1.807, 2.05) is 18.2 Å². The first-order valence-corrected chi connectivity index (χ1v) is 6.97. The fourth-order valence-corrected chi connectivity index (χ4v) is 1.83. The standard InChI is InChI=1S/C16H24N2O2/c1-4-18(5-2)11-12-20-16-9-8-15(19-3)13-14(16)7-6-10-17/h8-9,13H,4-5,10-12,17H2,1-3H3. The monoisotopic (exact) mass is 276 g/mol. The Morgan fingerprint density at radius 2 is 2.00 bits per heavy atom. The van der Waals surface area contributed by atoms with Gasteiger partial charge in [0.05, 0.1) is 19.2 Å². The molecule has 1 aromatic carbocycles. The molecule has 110 valence electrons. The lowest BCUT2D eigenvalue weighted by molar-refractivity contribution is 0.222. The number of nitrogens with two attached hydrogens (primary N) is 1. The van der Waals surface area contributed by atoms with Crippen LogP contribution in [-0.4, -0.2) is 44.8 Å². The predicted octanol–water partition coefficient (Wildman–Crippen LogP) is 1.73. The van der Waals surface area contributed by atoms with E-state index in [4.69, 9.17) is 15.2 Å². The van der Waals surface area contributed by atoms with Gasteiger partial charge in [-0.25, -0.2) is 0 Å². The van der Waals surface area contributed by atoms with Gasteiger partial charge in [0, 0.05) is 6.54 Å². The maximum Gasteiger partial charge on any atom is 0.135 e. The molecule has 20 heavy (non-hydrogen) atoms. The van der Waals surface area contributed by atoms with E-state index < -0.39 is 0 Å². The largest absolute Gasteiger partial charge is 0.497 e. The number of likely N-dealkylation sites (N-methyl/N-ethyl adjacent to an activating group) is 1. The molecule has 0 heterocycles. The van der Waals surface area contributed by atoms with Crippen LogP contribution in [0.5, 0.6) is 11.5 Å². The minimum atomic E-state index is 0.329. The molecule has 0 atom stereocenters. The maximum absolute atomic E-state index is 5.83. The second-order valence-corrected chi connectivity index (χ2v) is 4.24. The highest BCUT2D eigenvalue weighted by Gasteiger charge is 2.05. The summed E-state index contributed by atoms with van der Waals surface area (Å²) >= 11 is 0. The lowest BCUT2D eigenvalue weighted by atomic mass is 10.2. The Bertz CT molecular complexity index is 459. The highest BCUT2D eigenvalue weighted by Crippen LogP contribution is 2.23. The van der Waals surface area contributed by atoms with Crippen LogP contribution in [-0.2, 0) is 0 Å². The van der Waals surface area contributed by atoms with Crippen molar-refractivity contribution >= 4 is 0 Å². The van der Waals surface area contributed by atoms with E-state index >= 15 is 0 Å². The van der Waals surface area contributed by atoms with E-state index in [0.29, 0.717) is 13.2 Å². The number of hydrogen-bond acceptors (Lipinski definition) is 4. The predicted molar refractivity (Wildman–Crippen MR) is 82.2 cm³/mol. The lowest BCUT2D eigenvalue weighted by Gasteiger charge is -2.18. The first-order chi connectivity index (χ1) is 9.74. The molecular formula is C16H24N2O2. The molecule has 0 bridgehead atoms. The van der Waals surface area contributed by atoms with Crippen molar-refractivity contribution in [3.8, 4) is 23.3 Å². The molecule has 2 N–H and O–H groups in total. The van der Waals surface area contributed by atoms with Crippen LogP contribution in [0.3, 0.4) is 0 Å². The molecular weight excluding hydrogens is 252 g/mol. The first kappa shape index (κ1) is 16.4. The second-order valence-electron chi connectivity index (χ2n) is 4.24. The number of nitrogens with zero attached hydrogens (tertiary/aromatic N) is 1. The zero-order valence-electron chi connectivity index (χ0n) is 12.6. The summed E-state index contributed by atoms with van der Waals surface area (Å²) in [7, 11) is 1.64. The third-order valence-electron chi connectivity index (χ3n) is 3.07. The fourth-order valence-electron chi connectivity index (χ4n) is 1.83. The van der Waals surface area contributed by atoms with Crippen molar-refractivity contribution in [2.24, 2.45) is 5.73 Å². The van der Waals surface area contributed by atoms with Crippen LogP contribution < -0.4 is 15.2 Å². The van der Waals surface area contributed by atoms with Gasteiger partial charge in [-0.1, -0.05) is 25.7 Å². The van der Waals surface area contributed by atoms with Gasteiger partial charge in [0.15, 0.2) is 0 Å². The third kappa shape index (κ3) is 5.12. The molecule has 0 aromatic heterocycles. The van der Waals surface area contributed by atoms with E-state index in [2.05, 4.69) is 30.6 Å². The SMILES string of the molecule is CCN(CC)CCOc1ccc(OC)cc1C#CCN. The molecule has 0 radical (unpaired) electrons. The van der Waals surface area contributed by atoms with Crippen LogP contribution >= 0.6 is 0 Å². The van der Waals surface area contributed by atoms with Crippen LogP contribution in [0.25, 0.3) is 0 Å². The minimum absolute atomic E-state index is 0.329. The van der Waals surface area contributed by atoms with Gasteiger partial charge < -0.3 is 20.1 Å². The summed E-state index contributed by atoms with van der Waals surface area (Å²) in [6.45, 7) is 8.24. The summed E-state index contributed by atoms with van der Waals surface area (Å²) in [5, 5.41) is 0. The minimum Gasteiger partial charge on any atom is -0.497 e. The van der Waals surface area contributed by atoms with Gasteiger partial charge in [-0.3, -0.25) is 0 Å². The molecule has 0 fully saturated rings. The lowest BCUT2D eigenvalue weighted by Crippen LogP contribution is -2.28. The zero-order chi connectivity index (χ0) is 14.8. The van der Waals surface area contributed by atoms with E-state index in [1.54, 1.807) is 7.11 Å². The van der Waals surface area contributed by atoms with E-state index in [0.717, 1.165) is 36.7 Å². The van der Waals surface area contributed by atoms with Crippen molar-refractivity contribution in [2.75, 3.05) is 39.9 Å². The maximum atomic E-state index is 5.83. The fraction of sp³-hybridized carbons (Fsp3) is 0.500. The average Bonchev–Trinajstić information content (AvgIpc) is 2.50. The van der Waals surface area contributed by atoms with Gasteiger partial charge in [-0.05, 0) is 31.3 Å². The molecule has 0 saturated heterocycles. The number of methoxy groups -OCH3 is 1. The van der Waals surface area contributed by atoms with Crippen LogP contribution in [0.1, 0.15) is 19.4 Å². The van der Waals surface area contributed by atoms with Crippen molar-refractivity contribution in [1.29, 1.82) is 0 Å². The Balaban J connectivity index is 2.73. The number of rotatable bonds is 7. The second kappa shape index (κ2) is 9.24. The number of ether oxygens (including phenoxy) is 2. The van der Waals surface area contributed by atoms with Crippen molar-refractivity contribution in [2.45, 2.75) is 13.8 Å². The van der Waals surface area contributed by atoms with Gasteiger partial charge in [0.25, 0.3) is 0 Å². The quantitative estimate of drug-likeness (QED) is 0.770. The van der Waals surface area contributed by atoms with E-state index in [1.165, 1.54) is 0 Å². The Kier molecular flexibility index (Phi) is 7.56. The van der Waals surface area contributed by atoms with Crippen molar-refractivity contribution < 1.29 is 9.47 Å². The van der Waals surface area contributed by atoms with Gasteiger partial charge in [-0.15, -0.1) is 0 Å². The summed E-state index contributed by atoms with van der Waals surface area (Å²) in [6.07, 6.45) is 0. The topological polar surface area (TPSA) is 47.7 Å². The molecule has 0 aliphatic heterocycles. The Labute approximate surface area is 121 Å². The molecule has 4 nitrogen and oxygen atoms in total. The summed E-state index contributed by atoms with van der Waals surface area (Å²) < 4.78 is 11.0. The summed E-state index contributed by atoms with van der Waals surface area (Å²) in [5.74, 6) is 7.41.